The van der Waals surface area contributed by atoms with Crippen molar-refractivity contribution in [2.24, 2.45) is 0 Å². The fourth-order valence-corrected chi connectivity index (χ4v) is 6.11. The highest BCUT2D eigenvalue weighted by atomic mass is 16.5. The number of likely N-dealkylation sites (N-methyl/N-ethyl adjacent to an activating group) is 1. The van der Waals surface area contributed by atoms with Crippen LogP contribution in [0.4, 0.5) is 0 Å². The van der Waals surface area contributed by atoms with E-state index in [0.717, 1.165) is 54.2 Å². The SMILES string of the molecule is CN(C)CCOc1ccc(C(=O)c2ccccc2)cc1.CN(C)Cc1ccc(C(=O)c2ccc(CN(C)C)cc2)cc1.CN(C)Cc1ccc(C(=O)c2ccccc2)cc1. The van der Waals surface area contributed by atoms with Crippen LogP contribution in [0, 0.1) is 0 Å². The smallest absolute Gasteiger partial charge is 0.193 e. The molecule has 0 aliphatic rings. The average molecular weight is 805 g/mol. The van der Waals surface area contributed by atoms with Crippen molar-refractivity contribution in [3.63, 3.8) is 0 Å². The summed E-state index contributed by atoms with van der Waals surface area (Å²) in [7, 11) is 16.2. The van der Waals surface area contributed by atoms with Crippen LogP contribution in [0.3, 0.4) is 0 Å². The van der Waals surface area contributed by atoms with Crippen molar-refractivity contribution in [1.29, 1.82) is 0 Å². The molecule has 0 atom stereocenters. The van der Waals surface area contributed by atoms with E-state index in [1.165, 1.54) is 16.7 Å². The molecule has 0 saturated carbocycles. The number of carbonyl (C=O) groups excluding carboxylic acids is 3. The summed E-state index contributed by atoms with van der Waals surface area (Å²) < 4.78 is 5.60. The lowest BCUT2D eigenvalue weighted by atomic mass is 10.0. The Labute approximate surface area is 357 Å². The average Bonchev–Trinajstić information content (AvgIpc) is 3.24. The van der Waals surface area contributed by atoms with Gasteiger partial charge in [-0.1, -0.05) is 133 Å². The molecule has 6 rings (SSSR count). The number of nitrogens with zero attached hydrogens (tertiary/aromatic N) is 4. The Hall–Kier alpha value is -6.03. The highest BCUT2D eigenvalue weighted by molar-refractivity contribution is 6.10. The number of carbonyl (C=O) groups is 3. The van der Waals surface area contributed by atoms with Crippen molar-refractivity contribution in [2.45, 2.75) is 19.6 Å². The third-order valence-electron chi connectivity index (χ3n) is 9.14. The molecule has 312 valence electrons. The maximum Gasteiger partial charge on any atom is 0.193 e. The molecule has 0 spiro atoms. The highest BCUT2D eigenvalue weighted by Gasteiger charge is 2.11. The highest BCUT2D eigenvalue weighted by Crippen LogP contribution is 2.17. The largest absolute Gasteiger partial charge is 0.492 e. The van der Waals surface area contributed by atoms with E-state index in [4.69, 9.17) is 4.74 Å². The van der Waals surface area contributed by atoms with Gasteiger partial charge in [-0.05, 0) is 97.3 Å². The second-order valence-electron chi connectivity index (χ2n) is 15.7. The predicted octanol–water partition coefficient (Wildman–Crippen LogP) is 8.88. The van der Waals surface area contributed by atoms with E-state index in [1.807, 2.05) is 202 Å². The van der Waals surface area contributed by atoms with Crippen LogP contribution >= 0.6 is 0 Å². The second-order valence-corrected chi connectivity index (χ2v) is 15.7. The summed E-state index contributed by atoms with van der Waals surface area (Å²) in [6.07, 6.45) is 0. The first kappa shape index (κ1) is 46.7. The third-order valence-corrected chi connectivity index (χ3v) is 9.14. The number of ketones is 3. The molecule has 0 unspecified atom stereocenters. The predicted molar refractivity (Wildman–Crippen MR) is 245 cm³/mol. The topological polar surface area (TPSA) is 73.4 Å². The fraction of sp³-hybridized carbons (Fsp3) is 0.250. The molecule has 0 heterocycles. The summed E-state index contributed by atoms with van der Waals surface area (Å²) in [5.41, 5.74) is 7.97. The molecular weight excluding hydrogens is 745 g/mol. The minimum atomic E-state index is 0.0328. The summed E-state index contributed by atoms with van der Waals surface area (Å²) in [5, 5.41) is 0. The molecule has 0 aliphatic carbocycles. The second kappa shape index (κ2) is 24.1. The zero-order valence-electron chi connectivity index (χ0n) is 36.5. The van der Waals surface area contributed by atoms with Crippen LogP contribution in [0.5, 0.6) is 5.75 Å². The van der Waals surface area contributed by atoms with E-state index >= 15 is 0 Å². The van der Waals surface area contributed by atoms with Crippen LogP contribution in [-0.4, -0.2) is 106 Å². The van der Waals surface area contributed by atoms with Gasteiger partial charge in [0.2, 0.25) is 0 Å². The molecule has 6 aromatic rings. The fourth-order valence-electron chi connectivity index (χ4n) is 6.11. The minimum absolute atomic E-state index is 0.0328. The first-order chi connectivity index (χ1) is 28.8. The Bertz CT molecular complexity index is 2130. The Kier molecular flexibility index (Phi) is 18.8. The lowest BCUT2D eigenvalue weighted by molar-refractivity contribution is 0.103. The zero-order chi connectivity index (χ0) is 43.4. The van der Waals surface area contributed by atoms with Crippen LogP contribution < -0.4 is 4.74 Å². The van der Waals surface area contributed by atoms with E-state index in [1.54, 1.807) is 12.1 Å². The summed E-state index contributed by atoms with van der Waals surface area (Å²) >= 11 is 0. The van der Waals surface area contributed by atoms with Crippen LogP contribution in [0.25, 0.3) is 0 Å². The first-order valence-electron chi connectivity index (χ1n) is 20.1. The van der Waals surface area contributed by atoms with Gasteiger partial charge in [0.25, 0.3) is 0 Å². The van der Waals surface area contributed by atoms with Crippen molar-refractivity contribution < 1.29 is 19.1 Å². The van der Waals surface area contributed by atoms with E-state index in [2.05, 4.69) is 19.6 Å². The van der Waals surface area contributed by atoms with E-state index < -0.39 is 0 Å². The van der Waals surface area contributed by atoms with E-state index in [-0.39, 0.29) is 17.3 Å². The monoisotopic (exact) mass is 804 g/mol. The van der Waals surface area contributed by atoms with Crippen molar-refractivity contribution in [3.05, 3.63) is 208 Å². The summed E-state index contributed by atoms with van der Waals surface area (Å²) in [4.78, 5) is 45.3. The van der Waals surface area contributed by atoms with Gasteiger partial charge in [0.05, 0.1) is 0 Å². The minimum Gasteiger partial charge on any atom is -0.492 e. The summed E-state index contributed by atoms with van der Waals surface area (Å²) in [6, 6.07) is 49.5. The molecule has 0 N–H and O–H groups in total. The molecule has 0 radical (unpaired) electrons. The van der Waals surface area contributed by atoms with Crippen molar-refractivity contribution in [2.75, 3.05) is 69.5 Å². The third kappa shape index (κ3) is 16.0. The van der Waals surface area contributed by atoms with Gasteiger partial charge in [-0.15, -0.1) is 0 Å². The van der Waals surface area contributed by atoms with Gasteiger partial charge in [0, 0.05) is 59.6 Å². The Morgan fingerprint density at radius 1 is 0.350 bits per heavy atom. The van der Waals surface area contributed by atoms with Crippen LogP contribution in [-0.2, 0) is 19.6 Å². The van der Waals surface area contributed by atoms with Gasteiger partial charge < -0.3 is 24.3 Å². The molecule has 60 heavy (non-hydrogen) atoms. The Balaban J connectivity index is 0.000000199. The number of benzene rings is 6. The number of hydrogen-bond donors (Lipinski definition) is 0. The lowest BCUT2D eigenvalue weighted by Gasteiger charge is -2.11. The molecule has 0 saturated heterocycles. The molecule has 0 fully saturated rings. The maximum absolute atomic E-state index is 12.5. The maximum atomic E-state index is 12.5. The molecule has 0 amide bonds. The number of ether oxygens (including phenoxy) is 1. The Morgan fingerprint density at radius 3 is 0.883 bits per heavy atom. The molecule has 8 nitrogen and oxygen atoms in total. The van der Waals surface area contributed by atoms with Gasteiger partial charge in [0.15, 0.2) is 17.3 Å². The summed E-state index contributed by atoms with van der Waals surface area (Å²) in [6.45, 7) is 4.16. The van der Waals surface area contributed by atoms with Crippen LogP contribution in [0.15, 0.2) is 158 Å². The zero-order valence-corrected chi connectivity index (χ0v) is 36.5. The van der Waals surface area contributed by atoms with E-state index in [0.29, 0.717) is 17.7 Å². The quantitative estimate of drug-likeness (QED) is 0.0900. The standard InChI is InChI=1S/C19H24N2O.C17H19NO2.C16H17NO/c1-20(2)13-15-5-9-17(10-6-15)19(22)18-11-7-16(8-12-18)14-21(3)4;1-18(2)12-13-20-16-10-8-15(9-11-16)17(19)14-6-4-3-5-7-14;1-17(2)12-13-8-10-15(11-9-13)16(18)14-6-4-3-5-7-14/h5-12H,13-14H2,1-4H3;3-11H,12-13H2,1-2H3;3-11H,12H2,1-2H3. The Morgan fingerprint density at radius 2 is 0.617 bits per heavy atom. The number of hydrogen-bond acceptors (Lipinski definition) is 8. The van der Waals surface area contributed by atoms with Crippen LogP contribution in [0.1, 0.15) is 64.5 Å². The molecule has 0 aliphatic heterocycles. The van der Waals surface area contributed by atoms with Gasteiger partial charge in [0.1, 0.15) is 12.4 Å². The first-order valence-corrected chi connectivity index (χ1v) is 20.1. The van der Waals surface area contributed by atoms with Crippen molar-refractivity contribution >= 4 is 17.3 Å². The molecule has 8 heteroatoms. The van der Waals surface area contributed by atoms with Gasteiger partial charge in [-0.2, -0.15) is 0 Å². The normalized spacial score (nSPS) is 10.8. The van der Waals surface area contributed by atoms with Crippen molar-refractivity contribution in [3.8, 4) is 5.75 Å². The summed E-state index contributed by atoms with van der Waals surface area (Å²) in [5.74, 6) is 0.974. The molecule has 6 aromatic carbocycles. The van der Waals surface area contributed by atoms with Gasteiger partial charge in [-0.3, -0.25) is 14.4 Å². The van der Waals surface area contributed by atoms with Gasteiger partial charge >= 0.3 is 0 Å². The van der Waals surface area contributed by atoms with Crippen molar-refractivity contribution in [1.82, 2.24) is 19.6 Å². The van der Waals surface area contributed by atoms with Gasteiger partial charge in [-0.25, -0.2) is 0 Å². The number of rotatable bonds is 16. The molecular formula is C52H60N4O4. The lowest BCUT2D eigenvalue weighted by Crippen LogP contribution is -2.19. The molecule has 0 aromatic heterocycles. The molecule has 0 bridgehead atoms. The van der Waals surface area contributed by atoms with Crippen LogP contribution in [0.2, 0.25) is 0 Å². The van der Waals surface area contributed by atoms with E-state index in [9.17, 15) is 14.4 Å².